The van der Waals surface area contributed by atoms with Crippen molar-refractivity contribution in [2.24, 2.45) is 0 Å². The first-order valence-corrected chi connectivity index (χ1v) is 10.6. The highest BCUT2D eigenvalue weighted by Gasteiger charge is 2.20. The highest BCUT2D eigenvalue weighted by Crippen LogP contribution is 2.26. The maximum absolute atomic E-state index is 11.1. The number of carboxylic acid groups (broad SMARTS) is 1. The summed E-state index contributed by atoms with van der Waals surface area (Å²) in [4.78, 5) is 27.8. The second-order valence-electron chi connectivity index (χ2n) is 7.52. The standard InChI is InChI=1S/C24H26N6O3/c1-25-23-26-10-9-21(28-23)19-15-18(22(33-2)27-16-19)6-3-17-4-7-20(8-5-17)29-11-13-30(14-12-29)24(31)32/h3-10,15-16H,11-14H2,1-2H3,(H,31,32)(H,25,26,28)/b6-3+. The highest BCUT2D eigenvalue weighted by atomic mass is 16.5. The third kappa shape index (κ3) is 5.20. The number of carbonyl (C=O) groups is 1. The summed E-state index contributed by atoms with van der Waals surface area (Å²) in [5.41, 5.74) is 4.60. The van der Waals surface area contributed by atoms with Gasteiger partial charge in [-0.05, 0) is 35.9 Å². The van der Waals surface area contributed by atoms with E-state index in [4.69, 9.17) is 9.84 Å². The number of nitrogens with zero attached hydrogens (tertiary/aromatic N) is 5. The largest absolute Gasteiger partial charge is 0.481 e. The molecule has 1 amide bonds. The van der Waals surface area contributed by atoms with Crippen molar-refractivity contribution in [2.45, 2.75) is 0 Å². The predicted octanol–water partition coefficient (Wildman–Crippen LogP) is 3.56. The van der Waals surface area contributed by atoms with Gasteiger partial charge in [-0.2, -0.15) is 0 Å². The van der Waals surface area contributed by atoms with Gasteiger partial charge in [-0.3, -0.25) is 0 Å². The predicted molar refractivity (Wildman–Crippen MR) is 129 cm³/mol. The van der Waals surface area contributed by atoms with Gasteiger partial charge in [0.15, 0.2) is 0 Å². The van der Waals surface area contributed by atoms with Crippen molar-refractivity contribution in [1.29, 1.82) is 0 Å². The normalized spacial score (nSPS) is 13.9. The molecule has 2 N–H and O–H groups in total. The fourth-order valence-electron chi connectivity index (χ4n) is 3.68. The molecule has 9 nitrogen and oxygen atoms in total. The van der Waals surface area contributed by atoms with Gasteiger partial charge in [0.2, 0.25) is 11.8 Å². The number of rotatable bonds is 6. The molecule has 0 unspecified atom stereocenters. The summed E-state index contributed by atoms with van der Waals surface area (Å²) in [6.45, 7) is 2.41. The number of anilines is 2. The molecule has 1 fully saturated rings. The minimum atomic E-state index is -0.855. The number of aromatic nitrogens is 3. The number of amides is 1. The van der Waals surface area contributed by atoms with Crippen LogP contribution in [-0.4, -0.2) is 71.4 Å². The number of nitrogens with one attached hydrogen (secondary N) is 1. The molecule has 0 radical (unpaired) electrons. The van der Waals surface area contributed by atoms with Crippen LogP contribution in [0.15, 0.2) is 48.8 Å². The Morgan fingerprint density at radius 1 is 1.09 bits per heavy atom. The van der Waals surface area contributed by atoms with Crippen molar-refractivity contribution in [3.05, 3.63) is 59.9 Å². The summed E-state index contributed by atoms with van der Waals surface area (Å²) in [7, 11) is 3.38. The molecular weight excluding hydrogens is 420 g/mol. The van der Waals surface area contributed by atoms with E-state index in [9.17, 15) is 4.79 Å². The molecular formula is C24H26N6O3. The van der Waals surface area contributed by atoms with E-state index in [0.717, 1.165) is 28.1 Å². The van der Waals surface area contributed by atoms with Gasteiger partial charge < -0.3 is 25.0 Å². The number of hydrogen-bond acceptors (Lipinski definition) is 7. The third-order valence-electron chi connectivity index (χ3n) is 5.51. The lowest BCUT2D eigenvalue weighted by Crippen LogP contribution is -2.48. The Balaban J connectivity index is 1.49. The molecule has 0 saturated carbocycles. The zero-order valence-electron chi connectivity index (χ0n) is 18.6. The topological polar surface area (TPSA) is 104 Å². The van der Waals surface area contributed by atoms with Crippen molar-refractivity contribution in [3.63, 3.8) is 0 Å². The third-order valence-corrected chi connectivity index (χ3v) is 5.51. The number of ether oxygens (including phenoxy) is 1. The summed E-state index contributed by atoms with van der Waals surface area (Å²) in [5, 5.41) is 12.0. The summed E-state index contributed by atoms with van der Waals surface area (Å²) in [5.74, 6) is 1.08. The van der Waals surface area contributed by atoms with E-state index in [-0.39, 0.29) is 0 Å². The van der Waals surface area contributed by atoms with Gasteiger partial charge in [0.25, 0.3) is 0 Å². The summed E-state index contributed by atoms with van der Waals surface area (Å²) in [6, 6.07) is 12.0. The fraction of sp³-hybridized carbons (Fsp3) is 0.250. The van der Waals surface area contributed by atoms with Crippen LogP contribution in [0.1, 0.15) is 11.1 Å². The number of piperazine rings is 1. The molecule has 2 aromatic heterocycles. The molecule has 3 heterocycles. The van der Waals surface area contributed by atoms with Gasteiger partial charge in [-0.15, -0.1) is 0 Å². The molecule has 4 rings (SSSR count). The Bertz CT molecular complexity index is 1140. The van der Waals surface area contributed by atoms with E-state index in [1.165, 1.54) is 4.90 Å². The van der Waals surface area contributed by atoms with Gasteiger partial charge >= 0.3 is 6.09 Å². The fourth-order valence-corrected chi connectivity index (χ4v) is 3.68. The number of benzene rings is 1. The van der Waals surface area contributed by atoms with E-state index in [1.807, 2.05) is 36.4 Å². The molecule has 1 aromatic carbocycles. The number of methoxy groups -OCH3 is 1. The van der Waals surface area contributed by atoms with Gasteiger partial charge in [-0.25, -0.2) is 19.7 Å². The Morgan fingerprint density at radius 2 is 1.85 bits per heavy atom. The molecule has 1 aliphatic heterocycles. The minimum Gasteiger partial charge on any atom is -0.481 e. The molecule has 0 spiro atoms. The molecule has 0 bridgehead atoms. The first-order valence-electron chi connectivity index (χ1n) is 10.6. The molecule has 33 heavy (non-hydrogen) atoms. The zero-order valence-corrected chi connectivity index (χ0v) is 18.6. The van der Waals surface area contributed by atoms with Crippen molar-refractivity contribution in [3.8, 4) is 17.1 Å². The lowest BCUT2D eigenvalue weighted by molar-refractivity contribution is 0.142. The molecule has 0 atom stereocenters. The van der Waals surface area contributed by atoms with Crippen LogP contribution in [0.3, 0.4) is 0 Å². The maximum Gasteiger partial charge on any atom is 0.407 e. The van der Waals surface area contributed by atoms with Crippen molar-refractivity contribution >= 4 is 29.9 Å². The second-order valence-corrected chi connectivity index (χ2v) is 7.52. The van der Waals surface area contributed by atoms with Crippen LogP contribution < -0.4 is 15.0 Å². The quantitative estimate of drug-likeness (QED) is 0.592. The van der Waals surface area contributed by atoms with E-state index < -0.39 is 6.09 Å². The van der Waals surface area contributed by atoms with E-state index in [0.29, 0.717) is 38.0 Å². The summed E-state index contributed by atoms with van der Waals surface area (Å²) < 4.78 is 5.43. The first kappa shape index (κ1) is 22.1. The van der Waals surface area contributed by atoms with Crippen LogP contribution in [0, 0.1) is 0 Å². The monoisotopic (exact) mass is 446 g/mol. The van der Waals surface area contributed by atoms with Crippen LogP contribution in [0.5, 0.6) is 5.88 Å². The van der Waals surface area contributed by atoms with E-state index in [1.54, 1.807) is 26.6 Å². The van der Waals surface area contributed by atoms with E-state index >= 15 is 0 Å². The lowest BCUT2D eigenvalue weighted by atomic mass is 10.1. The molecule has 0 aliphatic carbocycles. The Labute approximate surface area is 192 Å². The smallest absolute Gasteiger partial charge is 0.407 e. The SMILES string of the molecule is CNc1nccc(-c2cnc(OC)c(/C=C/c3ccc(N4CCN(C(=O)O)CC4)cc3)c2)n1. The van der Waals surface area contributed by atoms with Crippen molar-refractivity contribution < 1.29 is 14.6 Å². The average Bonchev–Trinajstić information content (AvgIpc) is 2.87. The van der Waals surface area contributed by atoms with E-state index in [2.05, 4.69) is 37.3 Å². The molecule has 3 aromatic rings. The Kier molecular flexibility index (Phi) is 6.68. The molecule has 1 saturated heterocycles. The summed E-state index contributed by atoms with van der Waals surface area (Å²) in [6.07, 6.45) is 6.56. The van der Waals surface area contributed by atoms with Crippen LogP contribution in [0.4, 0.5) is 16.4 Å². The zero-order chi connectivity index (χ0) is 23.2. The van der Waals surface area contributed by atoms with Crippen LogP contribution in [0.25, 0.3) is 23.4 Å². The van der Waals surface area contributed by atoms with Crippen LogP contribution in [-0.2, 0) is 0 Å². The van der Waals surface area contributed by atoms with Crippen LogP contribution in [0.2, 0.25) is 0 Å². The molecule has 1 aliphatic rings. The highest BCUT2D eigenvalue weighted by molar-refractivity contribution is 5.75. The van der Waals surface area contributed by atoms with Crippen molar-refractivity contribution in [2.75, 3.05) is 50.6 Å². The lowest BCUT2D eigenvalue weighted by Gasteiger charge is -2.34. The van der Waals surface area contributed by atoms with Gasteiger partial charge in [0.05, 0.1) is 12.8 Å². The maximum atomic E-state index is 11.1. The van der Waals surface area contributed by atoms with Gasteiger partial charge in [-0.1, -0.05) is 18.2 Å². The Morgan fingerprint density at radius 3 is 2.52 bits per heavy atom. The summed E-state index contributed by atoms with van der Waals surface area (Å²) >= 11 is 0. The Hall–Kier alpha value is -4.14. The van der Waals surface area contributed by atoms with Gasteiger partial charge in [0, 0.05) is 62.4 Å². The number of hydrogen-bond donors (Lipinski definition) is 2. The number of pyridine rings is 1. The second kappa shape index (κ2) is 9.99. The minimum absolute atomic E-state index is 0.516. The molecule has 170 valence electrons. The first-order chi connectivity index (χ1) is 16.1. The average molecular weight is 447 g/mol. The molecule has 9 heteroatoms. The van der Waals surface area contributed by atoms with Gasteiger partial charge in [0.1, 0.15) is 0 Å². The van der Waals surface area contributed by atoms with Crippen LogP contribution >= 0.6 is 0 Å². The van der Waals surface area contributed by atoms with Crippen molar-refractivity contribution in [1.82, 2.24) is 19.9 Å².